The van der Waals surface area contributed by atoms with Crippen LogP contribution >= 0.6 is 11.6 Å². The largest absolute Gasteiger partial charge is 0.478 e. The summed E-state index contributed by atoms with van der Waals surface area (Å²) < 4.78 is 12.8. The van der Waals surface area contributed by atoms with Crippen LogP contribution in [0, 0.1) is 5.82 Å². The van der Waals surface area contributed by atoms with E-state index in [1.165, 1.54) is 36.5 Å². The highest BCUT2D eigenvalue weighted by atomic mass is 35.5. The van der Waals surface area contributed by atoms with Crippen molar-refractivity contribution >= 4 is 17.6 Å². The van der Waals surface area contributed by atoms with Crippen LogP contribution in [0.5, 0.6) is 0 Å². The molecule has 0 unspecified atom stereocenters. The van der Waals surface area contributed by atoms with Gasteiger partial charge >= 0.3 is 5.97 Å². The highest BCUT2D eigenvalue weighted by Crippen LogP contribution is 2.28. The van der Waals surface area contributed by atoms with Gasteiger partial charge in [-0.1, -0.05) is 11.6 Å². The molecule has 0 fully saturated rings. The fraction of sp³-hybridized carbons (Fsp3) is 0. The van der Waals surface area contributed by atoms with E-state index >= 15 is 0 Å². The summed E-state index contributed by atoms with van der Waals surface area (Å²) in [6, 6.07) is 6.84. The topological polar surface area (TPSA) is 50.2 Å². The molecule has 0 radical (unpaired) electrons. The molecule has 0 amide bonds. The van der Waals surface area contributed by atoms with Gasteiger partial charge in [-0.05, 0) is 30.3 Å². The molecule has 1 aromatic heterocycles. The van der Waals surface area contributed by atoms with Gasteiger partial charge < -0.3 is 5.11 Å². The standard InChI is InChI=1S/C12H7ClFNO2/c13-10-9(12(16)17)5-6-15-11(10)7-1-3-8(14)4-2-7/h1-6H,(H,16,17). The molecule has 5 heteroatoms. The van der Waals surface area contributed by atoms with Gasteiger partial charge in [0.2, 0.25) is 0 Å². The van der Waals surface area contributed by atoms with E-state index in [0.29, 0.717) is 11.3 Å². The van der Waals surface area contributed by atoms with Crippen LogP contribution in [0.4, 0.5) is 4.39 Å². The number of halogens is 2. The predicted octanol–water partition coefficient (Wildman–Crippen LogP) is 3.24. The van der Waals surface area contributed by atoms with E-state index < -0.39 is 5.97 Å². The van der Waals surface area contributed by atoms with Crippen molar-refractivity contribution in [3.05, 3.63) is 52.9 Å². The van der Waals surface area contributed by atoms with Crippen LogP contribution in [0.15, 0.2) is 36.5 Å². The number of carboxylic acid groups (broad SMARTS) is 1. The SMILES string of the molecule is O=C(O)c1ccnc(-c2ccc(F)cc2)c1Cl. The van der Waals surface area contributed by atoms with E-state index in [1.807, 2.05) is 0 Å². The van der Waals surface area contributed by atoms with Gasteiger partial charge in [-0.25, -0.2) is 9.18 Å². The van der Waals surface area contributed by atoms with Gasteiger partial charge in [0.25, 0.3) is 0 Å². The third-order valence-electron chi connectivity index (χ3n) is 2.24. The summed E-state index contributed by atoms with van der Waals surface area (Å²) in [5.74, 6) is -1.50. The van der Waals surface area contributed by atoms with E-state index in [9.17, 15) is 9.18 Å². The molecule has 0 bridgehead atoms. The molecule has 0 atom stereocenters. The van der Waals surface area contributed by atoms with E-state index in [2.05, 4.69) is 4.98 Å². The number of aromatic nitrogens is 1. The van der Waals surface area contributed by atoms with Gasteiger partial charge in [0, 0.05) is 11.8 Å². The molecule has 17 heavy (non-hydrogen) atoms. The quantitative estimate of drug-likeness (QED) is 0.891. The number of nitrogens with zero attached hydrogens (tertiary/aromatic N) is 1. The Balaban J connectivity index is 2.56. The van der Waals surface area contributed by atoms with Gasteiger partial charge in [-0.3, -0.25) is 4.98 Å². The van der Waals surface area contributed by atoms with Crippen LogP contribution in [0.3, 0.4) is 0 Å². The Kier molecular flexibility index (Phi) is 3.06. The molecule has 1 heterocycles. The maximum Gasteiger partial charge on any atom is 0.337 e. The van der Waals surface area contributed by atoms with E-state index in [0.717, 1.165) is 0 Å². The first-order chi connectivity index (χ1) is 8.09. The van der Waals surface area contributed by atoms with Crippen molar-refractivity contribution in [2.75, 3.05) is 0 Å². The fourth-order valence-corrected chi connectivity index (χ4v) is 1.72. The Labute approximate surface area is 101 Å². The van der Waals surface area contributed by atoms with Crippen molar-refractivity contribution in [1.82, 2.24) is 4.98 Å². The molecule has 3 nitrogen and oxygen atoms in total. The monoisotopic (exact) mass is 251 g/mol. The molecule has 0 aliphatic heterocycles. The van der Waals surface area contributed by atoms with Crippen LogP contribution in [0.2, 0.25) is 5.02 Å². The highest BCUT2D eigenvalue weighted by Gasteiger charge is 2.14. The first-order valence-electron chi connectivity index (χ1n) is 4.73. The second-order valence-corrected chi connectivity index (χ2v) is 3.71. The first kappa shape index (κ1) is 11.5. The van der Waals surface area contributed by atoms with Gasteiger partial charge in [-0.2, -0.15) is 0 Å². The van der Waals surface area contributed by atoms with Gasteiger partial charge in [-0.15, -0.1) is 0 Å². The molecular weight excluding hydrogens is 245 g/mol. The van der Waals surface area contributed by atoms with Gasteiger partial charge in [0.1, 0.15) is 5.82 Å². The van der Waals surface area contributed by atoms with Crippen molar-refractivity contribution < 1.29 is 14.3 Å². The maximum atomic E-state index is 12.8. The lowest BCUT2D eigenvalue weighted by atomic mass is 10.1. The second-order valence-electron chi connectivity index (χ2n) is 3.33. The van der Waals surface area contributed by atoms with E-state index in [4.69, 9.17) is 16.7 Å². The minimum absolute atomic E-state index is 0.0269. The minimum Gasteiger partial charge on any atom is -0.478 e. The van der Waals surface area contributed by atoms with Crippen LogP contribution in [0.25, 0.3) is 11.3 Å². The lowest BCUT2D eigenvalue weighted by molar-refractivity contribution is 0.0697. The molecule has 86 valence electrons. The number of benzene rings is 1. The molecule has 2 rings (SSSR count). The highest BCUT2D eigenvalue weighted by molar-refractivity contribution is 6.35. The number of aromatic carboxylic acids is 1. The average Bonchev–Trinajstić information content (AvgIpc) is 2.30. The minimum atomic E-state index is -1.12. The zero-order chi connectivity index (χ0) is 12.4. The Bertz CT molecular complexity index is 569. The molecule has 0 spiro atoms. The van der Waals surface area contributed by atoms with Crippen LogP contribution in [-0.2, 0) is 0 Å². The Morgan fingerprint density at radius 2 is 1.88 bits per heavy atom. The van der Waals surface area contributed by atoms with Crippen LogP contribution < -0.4 is 0 Å². The normalized spacial score (nSPS) is 10.2. The maximum absolute atomic E-state index is 12.8. The Morgan fingerprint density at radius 1 is 1.24 bits per heavy atom. The predicted molar refractivity (Wildman–Crippen MR) is 61.6 cm³/mol. The number of carbonyl (C=O) groups is 1. The molecule has 2 aromatic rings. The Hall–Kier alpha value is -1.94. The Morgan fingerprint density at radius 3 is 2.47 bits per heavy atom. The number of rotatable bonds is 2. The smallest absolute Gasteiger partial charge is 0.337 e. The van der Waals surface area contributed by atoms with E-state index in [-0.39, 0.29) is 16.4 Å². The number of hydrogen-bond donors (Lipinski definition) is 1. The first-order valence-corrected chi connectivity index (χ1v) is 5.11. The summed E-state index contributed by atoms with van der Waals surface area (Å²) in [6.45, 7) is 0. The van der Waals surface area contributed by atoms with Crippen molar-refractivity contribution in [2.24, 2.45) is 0 Å². The van der Waals surface area contributed by atoms with Gasteiger partial charge in [0.15, 0.2) is 0 Å². The van der Waals surface area contributed by atoms with Crippen molar-refractivity contribution in [1.29, 1.82) is 0 Å². The van der Waals surface area contributed by atoms with Gasteiger partial charge in [0.05, 0.1) is 16.3 Å². The van der Waals surface area contributed by atoms with Crippen molar-refractivity contribution in [3.8, 4) is 11.3 Å². The number of pyridine rings is 1. The summed E-state index contributed by atoms with van der Waals surface area (Å²) in [5, 5.41) is 8.96. The average molecular weight is 252 g/mol. The van der Waals surface area contributed by atoms with Crippen molar-refractivity contribution in [2.45, 2.75) is 0 Å². The summed E-state index contributed by atoms with van der Waals surface area (Å²) >= 11 is 5.94. The molecular formula is C12H7ClFNO2. The summed E-state index contributed by atoms with van der Waals surface area (Å²) in [7, 11) is 0. The lowest BCUT2D eigenvalue weighted by Crippen LogP contribution is -1.99. The molecule has 1 aromatic carbocycles. The fourth-order valence-electron chi connectivity index (χ4n) is 1.42. The molecule has 0 saturated heterocycles. The van der Waals surface area contributed by atoms with Crippen molar-refractivity contribution in [3.63, 3.8) is 0 Å². The summed E-state index contributed by atoms with van der Waals surface area (Å²) in [5.41, 5.74) is 0.868. The third kappa shape index (κ3) is 2.26. The van der Waals surface area contributed by atoms with Crippen LogP contribution in [0.1, 0.15) is 10.4 Å². The zero-order valence-electron chi connectivity index (χ0n) is 8.52. The van der Waals surface area contributed by atoms with Crippen LogP contribution in [-0.4, -0.2) is 16.1 Å². The van der Waals surface area contributed by atoms with E-state index in [1.54, 1.807) is 0 Å². The second kappa shape index (κ2) is 4.51. The number of hydrogen-bond acceptors (Lipinski definition) is 2. The molecule has 0 aliphatic carbocycles. The third-order valence-corrected chi connectivity index (χ3v) is 2.62. The zero-order valence-corrected chi connectivity index (χ0v) is 9.28. The molecule has 0 aliphatic rings. The summed E-state index contributed by atoms with van der Waals surface area (Å²) in [6.07, 6.45) is 1.36. The summed E-state index contributed by atoms with van der Waals surface area (Å²) in [4.78, 5) is 14.9. The lowest BCUT2D eigenvalue weighted by Gasteiger charge is -2.05. The molecule has 0 saturated carbocycles. The number of carboxylic acids is 1. The molecule has 1 N–H and O–H groups in total.